The molecule has 1 aliphatic rings. The molecule has 2 aromatic rings. The molecule has 0 atom stereocenters. The van der Waals surface area contributed by atoms with Crippen LogP contribution in [0.25, 0.3) is 0 Å². The molecule has 1 aliphatic heterocycles. The summed E-state index contributed by atoms with van der Waals surface area (Å²) in [7, 11) is 0. The molecule has 0 aliphatic carbocycles. The monoisotopic (exact) mass is 285 g/mol. The number of nitrogens with one attached hydrogen (secondary N) is 2. The number of rotatable bonds is 3. The quantitative estimate of drug-likeness (QED) is 0.892. The number of nitrogens with zero attached hydrogens (tertiary/aromatic N) is 3. The van der Waals surface area contributed by atoms with Gasteiger partial charge in [0, 0.05) is 30.5 Å². The first kappa shape index (κ1) is 13.8. The first-order chi connectivity index (χ1) is 10.2. The molecule has 0 unspecified atom stereocenters. The summed E-state index contributed by atoms with van der Waals surface area (Å²) < 4.78 is 1.79. The zero-order chi connectivity index (χ0) is 14.7. The van der Waals surface area contributed by atoms with E-state index in [0.717, 1.165) is 37.2 Å². The van der Waals surface area contributed by atoms with Gasteiger partial charge in [0.15, 0.2) is 0 Å². The highest BCUT2D eigenvalue weighted by molar-refractivity contribution is 5.97. The van der Waals surface area contributed by atoms with Crippen molar-refractivity contribution in [1.82, 2.24) is 20.1 Å². The fraction of sp³-hybridized carbons (Fsp3) is 0.400. The Labute approximate surface area is 123 Å². The molecule has 2 aromatic heterocycles. The van der Waals surface area contributed by atoms with E-state index in [2.05, 4.69) is 20.7 Å². The Morgan fingerprint density at radius 2 is 2.19 bits per heavy atom. The maximum absolute atomic E-state index is 12.9. The third-order valence-corrected chi connectivity index (χ3v) is 4.06. The Bertz CT molecular complexity index is 617. The number of aromatic nitrogens is 3. The van der Waals surface area contributed by atoms with Crippen molar-refractivity contribution < 1.29 is 4.79 Å². The Hall–Kier alpha value is -2.21. The Morgan fingerprint density at radius 3 is 2.86 bits per heavy atom. The second-order valence-corrected chi connectivity index (χ2v) is 5.38. The number of aryl methyl sites for hydroxylation is 1. The second kappa shape index (κ2) is 5.65. The van der Waals surface area contributed by atoms with Crippen LogP contribution in [0.4, 0.5) is 5.69 Å². The van der Waals surface area contributed by atoms with E-state index in [4.69, 9.17) is 0 Å². The lowest BCUT2D eigenvalue weighted by atomic mass is 9.87. The van der Waals surface area contributed by atoms with Gasteiger partial charge >= 0.3 is 0 Å². The molecule has 21 heavy (non-hydrogen) atoms. The van der Waals surface area contributed by atoms with E-state index in [0.29, 0.717) is 0 Å². The van der Waals surface area contributed by atoms with Gasteiger partial charge in [0.05, 0.1) is 0 Å². The molecule has 1 fully saturated rings. The van der Waals surface area contributed by atoms with E-state index in [1.54, 1.807) is 23.3 Å². The van der Waals surface area contributed by atoms with Crippen LogP contribution in [0.1, 0.15) is 18.4 Å². The van der Waals surface area contributed by atoms with Gasteiger partial charge in [0.25, 0.3) is 5.91 Å². The second-order valence-electron chi connectivity index (χ2n) is 5.38. The van der Waals surface area contributed by atoms with Crippen LogP contribution in [0.2, 0.25) is 0 Å². The van der Waals surface area contributed by atoms with Crippen molar-refractivity contribution in [2.75, 3.05) is 18.4 Å². The lowest BCUT2D eigenvalue weighted by Gasteiger charge is -2.36. The molecule has 0 bridgehead atoms. The van der Waals surface area contributed by atoms with E-state index in [9.17, 15) is 4.79 Å². The first-order valence-corrected chi connectivity index (χ1v) is 7.15. The van der Waals surface area contributed by atoms with Gasteiger partial charge in [-0.15, -0.1) is 0 Å². The number of carbonyl (C=O) groups is 1. The molecule has 6 nitrogen and oxygen atoms in total. The Kier molecular flexibility index (Phi) is 3.70. The normalized spacial score (nSPS) is 17.4. The summed E-state index contributed by atoms with van der Waals surface area (Å²) in [6, 6.07) is 3.68. The molecule has 110 valence electrons. The molecular weight excluding hydrogens is 266 g/mol. The Morgan fingerprint density at radius 1 is 1.38 bits per heavy atom. The van der Waals surface area contributed by atoms with Crippen LogP contribution in [-0.4, -0.2) is 33.8 Å². The van der Waals surface area contributed by atoms with Crippen molar-refractivity contribution >= 4 is 11.6 Å². The highest BCUT2D eigenvalue weighted by Gasteiger charge is 2.42. The van der Waals surface area contributed by atoms with Crippen molar-refractivity contribution in [3.05, 3.63) is 42.5 Å². The predicted molar refractivity (Wildman–Crippen MR) is 79.9 cm³/mol. The van der Waals surface area contributed by atoms with E-state index in [1.165, 1.54) is 0 Å². The van der Waals surface area contributed by atoms with E-state index < -0.39 is 5.54 Å². The lowest BCUT2D eigenvalue weighted by Crippen LogP contribution is -2.52. The molecule has 0 radical (unpaired) electrons. The summed E-state index contributed by atoms with van der Waals surface area (Å²) in [5.74, 6) is -0.0120. The summed E-state index contributed by atoms with van der Waals surface area (Å²) in [5.41, 5.74) is 1.14. The lowest BCUT2D eigenvalue weighted by molar-refractivity contribution is -0.126. The minimum absolute atomic E-state index is 0.0120. The van der Waals surface area contributed by atoms with Gasteiger partial charge < -0.3 is 10.6 Å². The molecule has 2 N–H and O–H groups in total. The van der Waals surface area contributed by atoms with Gasteiger partial charge in [-0.3, -0.25) is 14.5 Å². The maximum Gasteiger partial charge on any atom is 0.252 e. The van der Waals surface area contributed by atoms with Gasteiger partial charge in [-0.2, -0.15) is 5.10 Å². The standard InChI is InChI=1S/C15H19N5O/c1-12-11-17-7-3-13(12)19-14(21)15(4-8-16-9-5-15)20-10-2-6-18-20/h2-3,6-7,10-11,16H,4-5,8-9H2,1H3,(H,17,19,21). The minimum Gasteiger partial charge on any atom is -0.324 e. The van der Waals surface area contributed by atoms with Crippen LogP contribution < -0.4 is 10.6 Å². The summed E-state index contributed by atoms with van der Waals surface area (Å²) in [6.45, 7) is 3.55. The highest BCUT2D eigenvalue weighted by Crippen LogP contribution is 2.29. The first-order valence-electron chi connectivity index (χ1n) is 7.15. The molecule has 3 rings (SSSR count). The molecule has 6 heteroatoms. The van der Waals surface area contributed by atoms with Crippen LogP contribution in [0.3, 0.4) is 0 Å². The van der Waals surface area contributed by atoms with Crippen LogP contribution in [0.15, 0.2) is 36.9 Å². The number of carbonyl (C=O) groups excluding carboxylic acids is 1. The molecule has 3 heterocycles. The predicted octanol–water partition coefficient (Wildman–Crippen LogP) is 1.30. The molecule has 0 spiro atoms. The van der Waals surface area contributed by atoms with Gasteiger partial charge in [0.2, 0.25) is 0 Å². The van der Waals surface area contributed by atoms with Crippen LogP contribution in [0.5, 0.6) is 0 Å². The molecule has 1 saturated heterocycles. The summed E-state index contributed by atoms with van der Waals surface area (Å²) in [6.07, 6.45) is 8.47. The van der Waals surface area contributed by atoms with Gasteiger partial charge in [-0.05, 0) is 50.6 Å². The summed E-state index contributed by atoms with van der Waals surface area (Å²) in [5, 5.41) is 10.7. The number of hydrogen-bond acceptors (Lipinski definition) is 4. The zero-order valence-electron chi connectivity index (χ0n) is 12.0. The Balaban J connectivity index is 1.90. The third-order valence-electron chi connectivity index (χ3n) is 4.06. The average molecular weight is 285 g/mol. The van der Waals surface area contributed by atoms with Crippen molar-refractivity contribution in [2.45, 2.75) is 25.3 Å². The smallest absolute Gasteiger partial charge is 0.252 e. The largest absolute Gasteiger partial charge is 0.324 e. The van der Waals surface area contributed by atoms with Crippen LogP contribution in [-0.2, 0) is 10.3 Å². The fourth-order valence-electron chi connectivity index (χ4n) is 2.77. The van der Waals surface area contributed by atoms with Crippen molar-refractivity contribution in [2.24, 2.45) is 0 Å². The molecule has 0 saturated carbocycles. The number of hydrogen-bond donors (Lipinski definition) is 2. The van der Waals surface area contributed by atoms with E-state index in [-0.39, 0.29) is 5.91 Å². The van der Waals surface area contributed by atoms with Gasteiger partial charge in [0.1, 0.15) is 5.54 Å². The van der Waals surface area contributed by atoms with Crippen LogP contribution in [0, 0.1) is 6.92 Å². The third kappa shape index (κ3) is 2.54. The molecular formula is C15H19N5O. The van der Waals surface area contributed by atoms with E-state index in [1.807, 2.05) is 25.3 Å². The number of amides is 1. The van der Waals surface area contributed by atoms with Crippen LogP contribution >= 0.6 is 0 Å². The number of pyridine rings is 1. The fourth-order valence-corrected chi connectivity index (χ4v) is 2.77. The summed E-state index contributed by atoms with van der Waals surface area (Å²) in [4.78, 5) is 17.0. The summed E-state index contributed by atoms with van der Waals surface area (Å²) >= 11 is 0. The highest BCUT2D eigenvalue weighted by atomic mass is 16.2. The molecule has 1 amide bonds. The number of piperidine rings is 1. The average Bonchev–Trinajstić information content (AvgIpc) is 3.05. The van der Waals surface area contributed by atoms with Crippen molar-refractivity contribution in [3.8, 4) is 0 Å². The van der Waals surface area contributed by atoms with Crippen molar-refractivity contribution in [3.63, 3.8) is 0 Å². The minimum atomic E-state index is -0.621. The topological polar surface area (TPSA) is 71.8 Å². The molecule has 0 aromatic carbocycles. The van der Waals surface area contributed by atoms with Gasteiger partial charge in [-0.1, -0.05) is 0 Å². The van der Waals surface area contributed by atoms with E-state index >= 15 is 0 Å². The maximum atomic E-state index is 12.9. The van der Waals surface area contributed by atoms with Gasteiger partial charge in [-0.25, -0.2) is 0 Å². The zero-order valence-corrected chi connectivity index (χ0v) is 12.0. The number of anilines is 1. The SMILES string of the molecule is Cc1cnccc1NC(=O)C1(n2cccn2)CCNCC1. The van der Waals surface area contributed by atoms with Crippen molar-refractivity contribution in [1.29, 1.82) is 0 Å².